The van der Waals surface area contributed by atoms with Crippen LogP contribution in [0.15, 0.2) is 48.5 Å². The molecule has 1 heterocycles. The molecule has 1 amide bonds. The van der Waals surface area contributed by atoms with Crippen LogP contribution in [0.5, 0.6) is 5.75 Å². The minimum Gasteiger partial charge on any atom is -0.508 e. The number of phenols is 1. The van der Waals surface area contributed by atoms with Gasteiger partial charge in [-0.3, -0.25) is 4.79 Å². The zero-order valence-electron chi connectivity index (χ0n) is 16.9. The van der Waals surface area contributed by atoms with E-state index in [4.69, 9.17) is 0 Å². The molecule has 1 saturated heterocycles. The number of amides is 1. The molecule has 28 heavy (non-hydrogen) atoms. The van der Waals surface area contributed by atoms with Gasteiger partial charge in [0.25, 0.3) is 0 Å². The minimum atomic E-state index is 0.0280. The summed E-state index contributed by atoms with van der Waals surface area (Å²) in [5.74, 6) is 0.251. The SMILES string of the molecule is CCCCC(NC(=O)Cc1ccc(O)cc1)c1ccccc1N1CCCCC1. The number of carbonyl (C=O) groups excluding carboxylic acids is 1. The number of hydrogen-bond donors (Lipinski definition) is 2. The van der Waals surface area contributed by atoms with E-state index in [0.717, 1.165) is 37.9 Å². The summed E-state index contributed by atoms with van der Waals surface area (Å²) in [7, 11) is 0. The van der Waals surface area contributed by atoms with E-state index in [9.17, 15) is 9.90 Å². The maximum absolute atomic E-state index is 12.7. The summed E-state index contributed by atoms with van der Waals surface area (Å²) < 4.78 is 0. The zero-order valence-corrected chi connectivity index (χ0v) is 16.9. The molecule has 0 bridgehead atoms. The van der Waals surface area contributed by atoms with Crippen molar-refractivity contribution in [2.24, 2.45) is 0 Å². The molecule has 1 atom stereocenters. The molecule has 2 N–H and O–H groups in total. The largest absolute Gasteiger partial charge is 0.508 e. The molecule has 0 spiro atoms. The topological polar surface area (TPSA) is 52.6 Å². The molecule has 1 aliphatic rings. The van der Waals surface area contributed by atoms with Crippen molar-refractivity contribution >= 4 is 11.6 Å². The van der Waals surface area contributed by atoms with Crippen LogP contribution in [0.4, 0.5) is 5.69 Å². The number of para-hydroxylation sites is 1. The molecule has 0 aromatic heterocycles. The van der Waals surface area contributed by atoms with Crippen LogP contribution in [-0.2, 0) is 11.2 Å². The van der Waals surface area contributed by atoms with Crippen molar-refractivity contribution < 1.29 is 9.90 Å². The fourth-order valence-corrected chi connectivity index (χ4v) is 3.96. The molecule has 1 fully saturated rings. The number of hydrogen-bond acceptors (Lipinski definition) is 3. The lowest BCUT2D eigenvalue weighted by molar-refractivity contribution is -0.121. The number of aromatic hydroxyl groups is 1. The average molecular weight is 381 g/mol. The first-order valence-electron chi connectivity index (χ1n) is 10.6. The van der Waals surface area contributed by atoms with Gasteiger partial charge in [0.2, 0.25) is 5.91 Å². The van der Waals surface area contributed by atoms with Crippen LogP contribution in [-0.4, -0.2) is 24.1 Å². The van der Waals surface area contributed by atoms with Crippen molar-refractivity contribution in [3.05, 3.63) is 59.7 Å². The van der Waals surface area contributed by atoms with Crippen LogP contribution in [0.2, 0.25) is 0 Å². The van der Waals surface area contributed by atoms with Gasteiger partial charge in [0.1, 0.15) is 5.75 Å². The third kappa shape index (κ3) is 5.51. The lowest BCUT2D eigenvalue weighted by Crippen LogP contribution is -2.34. The second-order valence-corrected chi connectivity index (χ2v) is 7.71. The Labute approximate surface area is 168 Å². The first kappa shape index (κ1) is 20.2. The van der Waals surface area contributed by atoms with Crippen molar-refractivity contribution in [3.63, 3.8) is 0 Å². The molecule has 2 aromatic rings. The fraction of sp³-hybridized carbons (Fsp3) is 0.458. The van der Waals surface area contributed by atoms with Crippen molar-refractivity contribution in [1.82, 2.24) is 5.32 Å². The number of rotatable bonds is 8. The summed E-state index contributed by atoms with van der Waals surface area (Å²) in [6.45, 7) is 4.38. The Morgan fingerprint density at radius 1 is 1.07 bits per heavy atom. The monoisotopic (exact) mass is 380 g/mol. The maximum Gasteiger partial charge on any atom is 0.224 e. The van der Waals surface area contributed by atoms with Crippen LogP contribution in [0, 0.1) is 0 Å². The Bertz CT molecular complexity index is 751. The van der Waals surface area contributed by atoms with Gasteiger partial charge in [0.15, 0.2) is 0 Å². The molecule has 0 aliphatic carbocycles. The van der Waals surface area contributed by atoms with Gasteiger partial charge in [-0.25, -0.2) is 0 Å². The van der Waals surface area contributed by atoms with E-state index in [2.05, 4.69) is 41.4 Å². The van der Waals surface area contributed by atoms with E-state index < -0.39 is 0 Å². The Morgan fingerprint density at radius 2 is 1.79 bits per heavy atom. The van der Waals surface area contributed by atoms with Crippen molar-refractivity contribution in [1.29, 1.82) is 0 Å². The minimum absolute atomic E-state index is 0.0280. The molecule has 1 unspecified atom stereocenters. The first-order valence-corrected chi connectivity index (χ1v) is 10.6. The van der Waals surface area contributed by atoms with Gasteiger partial charge in [0, 0.05) is 18.8 Å². The third-order valence-corrected chi connectivity index (χ3v) is 5.49. The molecule has 2 aromatic carbocycles. The Kier molecular flexibility index (Phi) is 7.35. The highest BCUT2D eigenvalue weighted by Gasteiger charge is 2.21. The van der Waals surface area contributed by atoms with Gasteiger partial charge < -0.3 is 15.3 Å². The summed E-state index contributed by atoms with van der Waals surface area (Å²) in [6, 6.07) is 15.4. The number of nitrogens with one attached hydrogen (secondary N) is 1. The van der Waals surface area contributed by atoms with Gasteiger partial charge in [-0.05, 0) is 55.0 Å². The lowest BCUT2D eigenvalue weighted by atomic mass is 9.97. The number of carbonyl (C=O) groups is 1. The standard InChI is InChI=1S/C24H32N2O2/c1-2-3-10-22(25-24(28)18-19-12-14-20(27)15-13-19)21-9-5-6-11-23(21)26-16-7-4-8-17-26/h5-6,9,11-15,22,27H,2-4,7-8,10,16-18H2,1H3,(H,25,28). The smallest absolute Gasteiger partial charge is 0.224 e. The third-order valence-electron chi connectivity index (χ3n) is 5.49. The summed E-state index contributed by atoms with van der Waals surface area (Å²) in [6.07, 6.45) is 7.25. The molecule has 4 nitrogen and oxygen atoms in total. The number of phenolic OH excluding ortho intramolecular Hbond substituents is 1. The highest BCUT2D eigenvalue weighted by Crippen LogP contribution is 2.31. The Hall–Kier alpha value is -2.49. The van der Waals surface area contributed by atoms with Crippen molar-refractivity contribution in [2.45, 2.75) is 57.9 Å². The number of benzene rings is 2. The van der Waals surface area contributed by atoms with E-state index in [1.165, 1.54) is 30.5 Å². The van der Waals surface area contributed by atoms with Gasteiger partial charge in [-0.15, -0.1) is 0 Å². The fourth-order valence-electron chi connectivity index (χ4n) is 3.96. The number of nitrogens with zero attached hydrogens (tertiary/aromatic N) is 1. The van der Waals surface area contributed by atoms with Crippen molar-refractivity contribution in [3.8, 4) is 5.75 Å². The van der Waals surface area contributed by atoms with E-state index in [1.807, 2.05) is 0 Å². The quantitative estimate of drug-likeness (QED) is 0.680. The Morgan fingerprint density at radius 3 is 2.50 bits per heavy atom. The summed E-state index contributed by atoms with van der Waals surface area (Å²) in [4.78, 5) is 15.2. The second kappa shape index (κ2) is 10.2. The van der Waals surface area contributed by atoms with Crippen LogP contribution in [0.1, 0.15) is 62.6 Å². The Balaban J connectivity index is 1.76. The summed E-state index contributed by atoms with van der Waals surface area (Å²) in [5.41, 5.74) is 3.42. The number of unbranched alkanes of at least 4 members (excludes halogenated alkanes) is 1. The predicted octanol–water partition coefficient (Wildman–Crippen LogP) is 4.97. The number of piperidine rings is 1. The molecule has 150 valence electrons. The predicted molar refractivity (Wildman–Crippen MR) is 115 cm³/mol. The zero-order chi connectivity index (χ0) is 19.8. The normalized spacial score (nSPS) is 15.2. The molecular formula is C24H32N2O2. The molecular weight excluding hydrogens is 348 g/mol. The van der Waals surface area contributed by atoms with Crippen LogP contribution >= 0.6 is 0 Å². The van der Waals surface area contributed by atoms with Gasteiger partial charge in [0.05, 0.1) is 12.5 Å². The van der Waals surface area contributed by atoms with Gasteiger partial charge >= 0.3 is 0 Å². The van der Waals surface area contributed by atoms with Crippen LogP contribution < -0.4 is 10.2 Å². The lowest BCUT2D eigenvalue weighted by Gasteiger charge is -2.33. The second-order valence-electron chi connectivity index (χ2n) is 7.71. The average Bonchev–Trinajstić information content (AvgIpc) is 2.73. The summed E-state index contributed by atoms with van der Waals surface area (Å²) >= 11 is 0. The van der Waals surface area contributed by atoms with Crippen molar-refractivity contribution in [2.75, 3.05) is 18.0 Å². The molecule has 1 aliphatic heterocycles. The molecule has 0 radical (unpaired) electrons. The maximum atomic E-state index is 12.7. The molecule has 4 heteroatoms. The van der Waals surface area contributed by atoms with Gasteiger partial charge in [-0.2, -0.15) is 0 Å². The summed E-state index contributed by atoms with van der Waals surface area (Å²) in [5, 5.41) is 12.7. The molecule has 0 saturated carbocycles. The first-order chi connectivity index (χ1) is 13.7. The van der Waals surface area contributed by atoms with E-state index in [0.29, 0.717) is 6.42 Å². The van der Waals surface area contributed by atoms with E-state index >= 15 is 0 Å². The van der Waals surface area contributed by atoms with E-state index in [-0.39, 0.29) is 17.7 Å². The van der Waals surface area contributed by atoms with Crippen LogP contribution in [0.25, 0.3) is 0 Å². The number of anilines is 1. The van der Waals surface area contributed by atoms with E-state index in [1.54, 1.807) is 24.3 Å². The highest BCUT2D eigenvalue weighted by molar-refractivity contribution is 5.79. The highest BCUT2D eigenvalue weighted by atomic mass is 16.3. The van der Waals surface area contributed by atoms with Crippen LogP contribution in [0.3, 0.4) is 0 Å². The molecule has 3 rings (SSSR count). The van der Waals surface area contributed by atoms with Gasteiger partial charge in [-0.1, -0.05) is 50.1 Å².